The van der Waals surface area contributed by atoms with Crippen LogP contribution in [0.1, 0.15) is 161 Å². The molecular formula is C27H52Cl3NOSi. The highest BCUT2D eigenvalue weighted by atomic mass is 35.8. The molecule has 0 aliphatic carbocycles. The van der Waals surface area contributed by atoms with Crippen molar-refractivity contribution in [1.29, 1.82) is 0 Å². The van der Waals surface area contributed by atoms with Gasteiger partial charge in [-0.1, -0.05) is 155 Å². The third-order valence-electron chi connectivity index (χ3n) is 6.67. The van der Waals surface area contributed by atoms with Crippen LogP contribution in [0.2, 0.25) is 0 Å². The Hall–Kier alpha value is 0.467. The lowest BCUT2D eigenvalue weighted by Crippen LogP contribution is -2.29. The zero-order valence-electron chi connectivity index (χ0n) is 21.5. The van der Waals surface area contributed by atoms with E-state index < -0.39 is 11.7 Å². The van der Waals surface area contributed by atoms with Crippen LogP contribution in [0.15, 0.2) is 4.99 Å². The lowest BCUT2D eigenvalue weighted by molar-refractivity contribution is 0.516. The van der Waals surface area contributed by atoms with Crippen molar-refractivity contribution in [3.8, 4) is 0 Å². The fourth-order valence-electron chi connectivity index (χ4n) is 4.49. The van der Waals surface area contributed by atoms with Crippen molar-refractivity contribution in [2.45, 2.75) is 167 Å². The highest BCUT2D eigenvalue weighted by Crippen LogP contribution is 2.29. The molecule has 0 fully saturated rings. The van der Waals surface area contributed by atoms with Crippen LogP contribution < -0.4 is 0 Å². The predicted octanol–water partition coefficient (Wildman–Crippen LogP) is 11.3. The third kappa shape index (κ3) is 25.4. The Morgan fingerprint density at radius 2 is 0.818 bits per heavy atom. The zero-order valence-corrected chi connectivity index (χ0v) is 24.8. The molecular weight excluding hydrogens is 489 g/mol. The van der Waals surface area contributed by atoms with Crippen molar-refractivity contribution in [2.75, 3.05) is 0 Å². The van der Waals surface area contributed by atoms with Gasteiger partial charge in [0.2, 0.25) is 6.08 Å². The second-order valence-electron chi connectivity index (χ2n) is 9.84. The maximum atomic E-state index is 10.4. The minimum atomic E-state index is -2.94. The minimum absolute atomic E-state index is 0.435. The van der Waals surface area contributed by atoms with E-state index in [1.165, 1.54) is 135 Å². The van der Waals surface area contributed by atoms with E-state index in [9.17, 15) is 4.79 Å². The summed E-state index contributed by atoms with van der Waals surface area (Å²) >= 11 is 17.9. The molecule has 0 aromatic carbocycles. The van der Waals surface area contributed by atoms with Crippen LogP contribution in [0.25, 0.3) is 0 Å². The van der Waals surface area contributed by atoms with E-state index >= 15 is 0 Å². The number of hydrogen-bond acceptors (Lipinski definition) is 2. The van der Waals surface area contributed by atoms with Gasteiger partial charge in [-0.05, 0) is 6.42 Å². The topological polar surface area (TPSA) is 29.4 Å². The molecule has 33 heavy (non-hydrogen) atoms. The maximum absolute atomic E-state index is 10.4. The highest BCUT2D eigenvalue weighted by molar-refractivity contribution is 7.65. The lowest BCUT2D eigenvalue weighted by Gasteiger charge is -2.15. The summed E-state index contributed by atoms with van der Waals surface area (Å²) in [5.41, 5.74) is -0.435. The predicted molar refractivity (Wildman–Crippen MR) is 152 cm³/mol. The van der Waals surface area contributed by atoms with Gasteiger partial charge in [-0.15, -0.1) is 33.2 Å². The number of hydrogen-bond donors (Lipinski definition) is 0. The summed E-state index contributed by atoms with van der Waals surface area (Å²) in [5, 5.41) is 0. The first kappa shape index (κ1) is 33.5. The largest absolute Gasteiger partial charge is 0.365 e. The molecule has 1 atom stereocenters. The van der Waals surface area contributed by atoms with Crippen molar-refractivity contribution in [2.24, 2.45) is 4.99 Å². The molecule has 1 unspecified atom stereocenters. The van der Waals surface area contributed by atoms with Crippen LogP contribution in [0.3, 0.4) is 0 Å². The lowest BCUT2D eigenvalue weighted by atomic mass is 10.0. The van der Waals surface area contributed by atoms with E-state index in [0.29, 0.717) is 6.42 Å². The average Bonchev–Trinajstić information content (AvgIpc) is 2.78. The van der Waals surface area contributed by atoms with Crippen molar-refractivity contribution < 1.29 is 4.79 Å². The summed E-state index contributed by atoms with van der Waals surface area (Å²) in [6, 6.07) is -2.94. The van der Waals surface area contributed by atoms with Gasteiger partial charge in [-0.2, -0.15) is 0 Å². The Bertz CT molecular complexity index is 453. The Morgan fingerprint density at radius 1 is 0.545 bits per heavy atom. The quantitative estimate of drug-likeness (QED) is 0.0352. The fraction of sp³-hybridized carbons (Fsp3) is 0.963. The molecule has 0 N–H and O–H groups in total. The molecule has 0 amide bonds. The van der Waals surface area contributed by atoms with E-state index in [4.69, 9.17) is 33.2 Å². The monoisotopic (exact) mass is 539 g/mol. The maximum Gasteiger partial charge on any atom is 0.365 e. The highest BCUT2D eigenvalue weighted by Gasteiger charge is 2.36. The van der Waals surface area contributed by atoms with E-state index in [2.05, 4.69) is 11.9 Å². The summed E-state index contributed by atoms with van der Waals surface area (Å²) in [6.07, 6.45) is 33.9. The normalized spacial score (nSPS) is 12.6. The van der Waals surface area contributed by atoms with Gasteiger partial charge in [-0.3, -0.25) is 0 Å². The SMILES string of the molecule is CCCCCCCCCCCCCCCCCCCCCCCCCC(N=C=O)[Si](Cl)(Cl)Cl. The van der Waals surface area contributed by atoms with E-state index in [-0.39, 0.29) is 0 Å². The molecule has 0 heterocycles. The first-order chi connectivity index (χ1) is 16.0. The molecule has 0 aliphatic rings. The van der Waals surface area contributed by atoms with Crippen LogP contribution in [-0.2, 0) is 4.79 Å². The van der Waals surface area contributed by atoms with Crippen LogP contribution in [-0.4, -0.2) is 17.7 Å². The number of isocyanates is 1. The molecule has 0 bridgehead atoms. The van der Waals surface area contributed by atoms with Crippen LogP contribution >= 0.6 is 33.2 Å². The van der Waals surface area contributed by atoms with Gasteiger partial charge in [0.15, 0.2) is 0 Å². The number of unbranched alkanes of at least 4 members (excludes halogenated alkanes) is 22. The summed E-state index contributed by atoms with van der Waals surface area (Å²) < 4.78 is 0. The van der Waals surface area contributed by atoms with Gasteiger partial charge in [0.25, 0.3) is 0 Å². The molecule has 0 saturated heterocycles. The number of aliphatic imine (C=N–C) groups is 1. The van der Waals surface area contributed by atoms with E-state index in [1.807, 2.05) is 0 Å². The first-order valence-electron chi connectivity index (χ1n) is 14.2. The fourth-order valence-corrected chi connectivity index (χ4v) is 6.64. The molecule has 0 rings (SSSR count). The van der Waals surface area contributed by atoms with Gasteiger partial charge in [-0.25, -0.2) is 9.79 Å². The molecule has 0 spiro atoms. The zero-order chi connectivity index (χ0) is 24.5. The third-order valence-corrected chi connectivity index (χ3v) is 10.1. The second-order valence-corrected chi connectivity index (χ2v) is 18.7. The molecule has 0 aromatic rings. The van der Waals surface area contributed by atoms with Gasteiger partial charge in [0, 0.05) is 0 Å². The standard InChI is InChI=1S/C27H52Cl3NOSi/c1-2-3-4-5-6-7-8-9-10-11-12-13-14-15-16-17-18-19-20-21-22-23-24-25-27(31-26-32)33(28,29)30/h27H,2-25H2,1H3. The second kappa shape index (κ2) is 25.6. The Labute approximate surface area is 221 Å². The molecule has 0 saturated carbocycles. The average molecular weight is 541 g/mol. The summed E-state index contributed by atoms with van der Waals surface area (Å²) in [4.78, 5) is 14.1. The van der Waals surface area contributed by atoms with Crippen LogP contribution in [0.5, 0.6) is 0 Å². The Morgan fingerprint density at radius 3 is 1.06 bits per heavy atom. The van der Waals surface area contributed by atoms with Crippen molar-refractivity contribution in [1.82, 2.24) is 0 Å². The molecule has 196 valence electrons. The first-order valence-corrected chi connectivity index (χ1v) is 19.3. The van der Waals surface area contributed by atoms with Gasteiger partial charge in [0.05, 0.1) is 5.67 Å². The molecule has 2 nitrogen and oxygen atoms in total. The smallest absolute Gasteiger partial charge is 0.211 e. The molecule has 0 aliphatic heterocycles. The van der Waals surface area contributed by atoms with Crippen LogP contribution in [0.4, 0.5) is 0 Å². The summed E-state index contributed by atoms with van der Waals surface area (Å²) in [5.74, 6) is 0. The summed E-state index contributed by atoms with van der Waals surface area (Å²) in [7, 11) is 0. The van der Waals surface area contributed by atoms with Gasteiger partial charge in [0.1, 0.15) is 0 Å². The van der Waals surface area contributed by atoms with E-state index in [0.717, 1.165) is 12.8 Å². The molecule has 0 aromatic heterocycles. The molecule has 6 heteroatoms. The van der Waals surface area contributed by atoms with Crippen molar-refractivity contribution in [3.63, 3.8) is 0 Å². The Balaban J connectivity index is 3.21. The van der Waals surface area contributed by atoms with Gasteiger partial charge >= 0.3 is 6.00 Å². The number of carbonyl (C=O) groups excluding carboxylic acids is 1. The number of halogens is 3. The number of rotatable bonds is 26. The molecule has 0 radical (unpaired) electrons. The van der Waals surface area contributed by atoms with Crippen molar-refractivity contribution >= 4 is 45.3 Å². The summed E-state index contributed by atoms with van der Waals surface area (Å²) in [6.45, 7) is 2.29. The number of nitrogens with zero attached hydrogens (tertiary/aromatic N) is 1. The van der Waals surface area contributed by atoms with Crippen LogP contribution in [0, 0.1) is 0 Å². The van der Waals surface area contributed by atoms with E-state index in [1.54, 1.807) is 6.08 Å². The Kier molecular flexibility index (Phi) is 25.9. The minimum Gasteiger partial charge on any atom is -0.211 e. The van der Waals surface area contributed by atoms with Crippen molar-refractivity contribution in [3.05, 3.63) is 0 Å². The van der Waals surface area contributed by atoms with Gasteiger partial charge < -0.3 is 0 Å².